The average molecular weight is 171 g/mol. The monoisotopic (exact) mass is 171 g/mol. The zero-order chi connectivity index (χ0) is 9.61. The lowest BCUT2D eigenvalue weighted by molar-refractivity contribution is 0.360. The third kappa shape index (κ3) is 2.83. The number of nitrogens with one attached hydrogen (secondary N) is 3. The van der Waals surface area contributed by atoms with Gasteiger partial charge >= 0.3 is 0 Å². The standard InChI is InChI=1S/C9H21N3/c1-6-9(11-4,12-5)7-8(2)10-3/h7,10-12H,6H2,1-5H3. The summed E-state index contributed by atoms with van der Waals surface area (Å²) in [6, 6.07) is 0. The molecule has 0 fully saturated rings. The SMILES string of the molecule is CCC(C=C(C)NC)(NC)NC. The molecule has 0 radical (unpaired) electrons. The second-order valence-corrected chi connectivity index (χ2v) is 2.90. The maximum absolute atomic E-state index is 3.25. The molecule has 0 heterocycles. The summed E-state index contributed by atoms with van der Waals surface area (Å²) in [6.07, 6.45) is 3.17. The minimum absolute atomic E-state index is 0.0763. The Hall–Kier alpha value is -0.540. The van der Waals surface area contributed by atoms with Crippen LogP contribution in [0.5, 0.6) is 0 Å². The lowest BCUT2D eigenvalue weighted by Gasteiger charge is -2.29. The van der Waals surface area contributed by atoms with Gasteiger partial charge in [0.1, 0.15) is 0 Å². The number of hydrogen-bond acceptors (Lipinski definition) is 3. The number of likely N-dealkylation sites (N-methyl/N-ethyl adjacent to an activating group) is 2. The van der Waals surface area contributed by atoms with Crippen LogP contribution >= 0.6 is 0 Å². The van der Waals surface area contributed by atoms with E-state index < -0.39 is 0 Å². The van der Waals surface area contributed by atoms with Crippen LogP contribution in [0.2, 0.25) is 0 Å². The van der Waals surface area contributed by atoms with Crippen LogP contribution in [0.15, 0.2) is 11.8 Å². The highest BCUT2D eigenvalue weighted by atomic mass is 15.2. The molecule has 0 amide bonds. The zero-order valence-electron chi connectivity index (χ0n) is 8.78. The fourth-order valence-electron chi connectivity index (χ4n) is 1.17. The molecule has 0 saturated carbocycles. The fourth-order valence-corrected chi connectivity index (χ4v) is 1.17. The second kappa shape index (κ2) is 5.17. The Morgan fingerprint density at radius 3 is 2.00 bits per heavy atom. The Labute approximate surface area is 75.6 Å². The Morgan fingerprint density at radius 1 is 1.25 bits per heavy atom. The molecule has 0 spiro atoms. The van der Waals surface area contributed by atoms with Gasteiger partial charge in [-0.15, -0.1) is 0 Å². The average Bonchev–Trinajstić information content (AvgIpc) is 2.14. The van der Waals surface area contributed by atoms with Crippen molar-refractivity contribution < 1.29 is 0 Å². The van der Waals surface area contributed by atoms with Crippen molar-refractivity contribution in [2.24, 2.45) is 0 Å². The molecular formula is C9H21N3. The van der Waals surface area contributed by atoms with E-state index >= 15 is 0 Å². The van der Waals surface area contributed by atoms with Gasteiger partial charge in [-0.05, 0) is 33.5 Å². The molecule has 3 N–H and O–H groups in total. The molecule has 0 aromatic carbocycles. The van der Waals surface area contributed by atoms with Gasteiger partial charge in [0, 0.05) is 12.7 Å². The normalized spacial score (nSPS) is 13.2. The van der Waals surface area contributed by atoms with E-state index in [2.05, 4.69) is 35.9 Å². The van der Waals surface area contributed by atoms with Crippen molar-refractivity contribution in [3.63, 3.8) is 0 Å². The summed E-state index contributed by atoms with van der Waals surface area (Å²) in [5, 5.41) is 9.61. The first-order valence-electron chi connectivity index (χ1n) is 4.39. The van der Waals surface area contributed by atoms with E-state index in [1.165, 1.54) is 5.70 Å². The van der Waals surface area contributed by atoms with Gasteiger partial charge in [-0.25, -0.2) is 0 Å². The number of hydrogen-bond donors (Lipinski definition) is 3. The summed E-state index contributed by atoms with van der Waals surface area (Å²) in [6.45, 7) is 4.20. The largest absolute Gasteiger partial charge is 0.392 e. The van der Waals surface area contributed by atoms with Crippen molar-refractivity contribution in [3.8, 4) is 0 Å². The van der Waals surface area contributed by atoms with Gasteiger partial charge in [-0.3, -0.25) is 10.6 Å². The van der Waals surface area contributed by atoms with Gasteiger partial charge in [0.05, 0.1) is 5.66 Å². The molecule has 0 aliphatic heterocycles. The van der Waals surface area contributed by atoms with Gasteiger partial charge in [0.2, 0.25) is 0 Å². The summed E-state index contributed by atoms with van der Waals surface area (Å²) in [5.41, 5.74) is 1.09. The highest BCUT2D eigenvalue weighted by Gasteiger charge is 2.19. The van der Waals surface area contributed by atoms with E-state index in [0.717, 1.165) is 6.42 Å². The minimum Gasteiger partial charge on any atom is -0.392 e. The molecule has 0 bridgehead atoms. The molecule has 0 rings (SSSR count). The molecule has 0 aromatic heterocycles. The predicted molar refractivity (Wildman–Crippen MR) is 54.0 cm³/mol. The molecule has 0 aliphatic carbocycles. The van der Waals surface area contributed by atoms with Gasteiger partial charge in [-0.1, -0.05) is 6.92 Å². The molecular weight excluding hydrogens is 150 g/mol. The lowest BCUT2D eigenvalue weighted by Crippen LogP contribution is -2.52. The summed E-state index contributed by atoms with van der Waals surface area (Å²) >= 11 is 0. The Bertz CT molecular complexity index is 140. The van der Waals surface area contributed by atoms with E-state index in [1.54, 1.807) is 0 Å². The molecule has 0 unspecified atom stereocenters. The maximum atomic E-state index is 3.25. The van der Waals surface area contributed by atoms with Crippen LogP contribution in [0.4, 0.5) is 0 Å². The van der Waals surface area contributed by atoms with Crippen LogP contribution in [-0.4, -0.2) is 26.8 Å². The van der Waals surface area contributed by atoms with Crippen LogP contribution in [0.3, 0.4) is 0 Å². The third-order valence-corrected chi connectivity index (χ3v) is 2.31. The first-order valence-corrected chi connectivity index (χ1v) is 4.39. The van der Waals surface area contributed by atoms with Crippen molar-refractivity contribution in [2.45, 2.75) is 25.9 Å². The second-order valence-electron chi connectivity index (χ2n) is 2.90. The van der Waals surface area contributed by atoms with Crippen molar-refractivity contribution in [1.29, 1.82) is 0 Å². The van der Waals surface area contributed by atoms with Crippen molar-refractivity contribution in [3.05, 3.63) is 11.8 Å². The van der Waals surface area contributed by atoms with Gasteiger partial charge in [-0.2, -0.15) is 0 Å². The third-order valence-electron chi connectivity index (χ3n) is 2.31. The topological polar surface area (TPSA) is 36.1 Å². The lowest BCUT2D eigenvalue weighted by atomic mass is 10.1. The molecule has 0 saturated heterocycles. The molecule has 12 heavy (non-hydrogen) atoms. The maximum Gasteiger partial charge on any atom is 0.0890 e. The van der Waals surface area contributed by atoms with Crippen molar-refractivity contribution >= 4 is 0 Å². The van der Waals surface area contributed by atoms with Crippen LogP contribution in [0, 0.1) is 0 Å². The fraction of sp³-hybridized carbons (Fsp3) is 0.778. The zero-order valence-corrected chi connectivity index (χ0v) is 8.78. The van der Waals surface area contributed by atoms with E-state index in [1.807, 2.05) is 21.1 Å². The highest BCUT2D eigenvalue weighted by molar-refractivity contribution is 5.08. The van der Waals surface area contributed by atoms with E-state index in [0.29, 0.717) is 0 Å². The first kappa shape index (κ1) is 11.5. The molecule has 0 aliphatic rings. The quantitative estimate of drug-likeness (QED) is 0.532. The number of rotatable bonds is 5. The molecule has 3 heteroatoms. The van der Waals surface area contributed by atoms with Crippen LogP contribution in [0.1, 0.15) is 20.3 Å². The van der Waals surface area contributed by atoms with Crippen molar-refractivity contribution in [1.82, 2.24) is 16.0 Å². The van der Waals surface area contributed by atoms with Crippen LogP contribution in [0.25, 0.3) is 0 Å². The Balaban J connectivity index is 4.49. The summed E-state index contributed by atoms with van der Waals surface area (Å²) in [4.78, 5) is 0. The Kier molecular flexibility index (Phi) is 4.93. The summed E-state index contributed by atoms with van der Waals surface area (Å²) in [7, 11) is 5.84. The summed E-state index contributed by atoms with van der Waals surface area (Å²) in [5.74, 6) is 0. The minimum atomic E-state index is -0.0763. The van der Waals surface area contributed by atoms with Crippen LogP contribution < -0.4 is 16.0 Å². The smallest absolute Gasteiger partial charge is 0.0890 e. The van der Waals surface area contributed by atoms with E-state index in [4.69, 9.17) is 0 Å². The molecule has 3 nitrogen and oxygen atoms in total. The van der Waals surface area contributed by atoms with Gasteiger partial charge in [0.25, 0.3) is 0 Å². The van der Waals surface area contributed by atoms with Crippen LogP contribution in [-0.2, 0) is 0 Å². The Morgan fingerprint density at radius 2 is 1.75 bits per heavy atom. The number of allylic oxidation sites excluding steroid dienone is 1. The summed E-state index contributed by atoms with van der Waals surface area (Å²) < 4.78 is 0. The van der Waals surface area contributed by atoms with Gasteiger partial charge < -0.3 is 5.32 Å². The van der Waals surface area contributed by atoms with Crippen molar-refractivity contribution in [2.75, 3.05) is 21.1 Å². The van der Waals surface area contributed by atoms with Gasteiger partial charge in [0.15, 0.2) is 0 Å². The van der Waals surface area contributed by atoms with E-state index in [-0.39, 0.29) is 5.66 Å². The molecule has 72 valence electrons. The molecule has 0 aromatic rings. The first-order chi connectivity index (χ1) is 5.64. The van der Waals surface area contributed by atoms with E-state index in [9.17, 15) is 0 Å². The molecule has 0 atom stereocenters. The highest BCUT2D eigenvalue weighted by Crippen LogP contribution is 2.08. The predicted octanol–water partition coefficient (Wildman–Crippen LogP) is 0.655.